The highest BCUT2D eigenvalue weighted by molar-refractivity contribution is 5.81. The first-order chi connectivity index (χ1) is 10.3. The molecule has 3 rings (SSSR count). The first kappa shape index (κ1) is 13.9. The summed E-state index contributed by atoms with van der Waals surface area (Å²) in [5, 5.41) is 0. The summed E-state index contributed by atoms with van der Waals surface area (Å²) in [7, 11) is 0. The predicted octanol–water partition coefficient (Wildman–Crippen LogP) is 3.91. The van der Waals surface area contributed by atoms with Gasteiger partial charge in [0.2, 0.25) is 0 Å². The molecule has 2 aliphatic rings. The predicted molar refractivity (Wildman–Crippen MR) is 89.5 cm³/mol. The normalized spacial score (nSPS) is 17.4. The number of hydrogen-bond donors (Lipinski definition) is 0. The van der Waals surface area contributed by atoms with Crippen LogP contribution in [0.3, 0.4) is 0 Å². The van der Waals surface area contributed by atoms with Crippen LogP contribution in [0.5, 0.6) is 0 Å². The van der Waals surface area contributed by atoms with Crippen molar-refractivity contribution >= 4 is 6.21 Å². The van der Waals surface area contributed by atoms with E-state index in [2.05, 4.69) is 59.9 Å². The fourth-order valence-electron chi connectivity index (χ4n) is 2.77. The molecule has 0 bridgehead atoms. The molecular weight excluding hydrogens is 256 g/mol. The first-order valence-electron chi connectivity index (χ1n) is 7.72. The Morgan fingerprint density at radius 1 is 1.14 bits per heavy atom. The molecular formula is C19H22N2. The summed E-state index contributed by atoms with van der Waals surface area (Å²) in [6.45, 7) is 8.24. The number of fused-ring (bicyclic) bond motifs is 1. The lowest BCUT2D eigenvalue weighted by Crippen LogP contribution is -2.27. The first-order valence-corrected chi connectivity index (χ1v) is 7.72. The molecule has 108 valence electrons. The van der Waals surface area contributed by atoms with E-state index in [0.29, 0.717) is 0 Å². The average molecular weight is 278 g/mol. The van der Waals surface area contributed by atoms with Crippen molar-refractivity contribution in [3.8, 4) is 0 Å². The SMILES string of the molecule is C=C1C=C2C=NCCN2C=C1CCc1ccc(CC)cc1. The Bertz CT molecular complexity index is 617. The van der Waals surface area contributed by atoms with Gasteiger partial charge in [0.25, 0.3) is 0 Å². The zero-order valence-electron chi connectivity index (χ0n) is 12.7. The standard InChI is InChI=1S/C19H22N2/c1-3-16-4-6-17(7-5-16)8-9-18-14-21-11-10-20-13-19(21)12-15(18)2/h4-7,12-14H,2-3,8-11H2,1H3. The summed E-state index contributed by atoms with van der Waals surface area (Å²) >= 11 is 0. The maximum Gasteiger partial charge on any atom is 0.0594 e. The molecule has 0 N–H and O–H groups in total. The maximum absolute atomic E-state index is 4.33. The van der Waals surface area contributed by atoms with Gasteiger partial charge in [-0.3, -0.25) is 4.99 Å². The number of hydrogen-bond acceptors (Lipinski definition) is 2. The molecule has 0 saturated carbocycles. The van der Waals surface area contributed by atoms with E-state index in [9.17, 15) is 0 Å². The van der Waals surface area contributed by atoms with Gasteiger partial charge in [0.1, 0.15) is 0 Å². The zero-order valence-corrected chi connectivity index (χ0v) is 12.7. The molecule has 0 spiro atoms. The van der Waals surface area contributed by atoms with Crippen LogP contribution in [-0.2, 0) is 12.8 Å². The molecule has 2 nitrogen and oxygen atoms in total. The molecule has 2 heteroatoms. The fourth-order valence-corrected chi connectivity index (χ4v) is 2.77. The molecule has 0 saturated heterocycles. The second kappa shape index (κ2) is 6.13. The van der Waals surface area contributed by atoms with E-state index in [4.69, 9.17) is 0 Å². The van der Waals surface area contributed by atoms with Crippen molar-refractivity contribution in [2.45, 2.75) is 26.2 Å². The fraction of sp³-hybridized carbons (Fsp3) is 0.316. The van der Waals surface area contributed by atoms with Crippen molar-refractivity contribution in [1.29, 1.82) is 0 Å². The van der Waals surface area contributed by atoms with E-state index >= 15 is 0 Å². The van der Waals surface area contributed by atoms with Crippen molar-refractivity contribution in [1.82, 2.24) is 4.90 Å². The molecule has 0 unspecified atom stereocenters. The topological polar surface area (TPSA) is 15.6 Å². The highest BCUT2D eigenvalue weighted by atomic mass is 15.2. The van der Waals surface area contributed by atoms with Gasteiger partial charge >= 0.3 is 0 Å². The van der Waals surface area contributed by atoms with Crippen molar-refractivity contribution < 1.29 is 0 Å². The lowest BCUT2D eigenvalue weighted by molar-refractivity contribution is 0.477. The Labute approximate surface area is 127 Å². The van der Waals surface area contributed by atoms with E-state index < -0.39 is 0 Å². The molecule has 0 atom stereocenters. The Morgan fingerprint density at radius 3 is 2.67 bits per heavy atom. The minimum atomic E-state index is 0.881. The van der Waals surface area contributed by atoms with Crippen LogP contribution in [0.2, 0.25) is 0 Å². The van der Waals surface area contributed by atoms with Gasteiger partial charge in [-0.25, -0.2) is 0 Å². The molecule has 21 heavy (non-hydrogen) atoms. The third-order valence-electron chi connectivity index (χ3n) is 4.19. The minimum Gasteiger partial charge on any atom is -0.345 e. The van der Waals surface area contributed by atoms with Gasteiger partial charge in [-0.15, -0.1) is 0 Å². The summed E-state index contributed by atoms with van der Waals surface area (Å²) in [5.74, 6) is 0. The lowest BCUT2D eigenvalue weighted by Gasteiger charge is -2.29. The van der Waals surface area contributed by atoms with E-state index in [0.717, 1.165) is 37.9 Å². The van der Waals surface area contributed by atoms with Gasteiger partial charge in [0.05, 0.1) is 12.2 Å². The Balaban J connectivity index is 1.66. The quantitative estimate of drug-likeness (QED) is 0.815. The van der Waals surface area contributed by atoms with E-state index in [1.54, 1.807) is 0 Å². The van der Waals surface area contributed by atoms with Crippen LogP contribution in [-0.4, -0.2) is 24.2 Å². The number of allylic oxidation sites excluding steroid dienone is 4. The van der Waals surface area contributed by atoms with Gasteiger partial charge in [-0.1, -0.05) is 37.8 Å². The monoisotopic (exact) mass is 278 g/mol. The number of rotatable bonds is 4. The van der Waals surface area contributed by atoms with Gasteiger partial charge in [0.15, 0.2) is 0 Å². The van der Waals surface area contributed by atoms with E-state index in [1.165, 1.54) is 22.4 Å². The summed E-state index contributed by atoms with van der Waals surface area (Å²) in [6.07, 6.45) is 9.57. The van der Waals surface area contributed by atoms with Crippen LogP contribution in [0.25, 0.3) is 0 Å². The molecule has 0 radical (unpaired) electrons. The number of aryl methyl sites for hydroxylation is 2. The van der Waals surface area contributed by atoms with Crippen LogP contribution in [0.4, 0.5) is 0 Å². The average Bonchev–Trinajstić information content (AvgIpc) is 2.53. The Morgan fingerprint density at radius 2 is 1.90 bits per heavy atom. The molecule has 0 aliphatic carbocycles. The van der Waals surface area contributed by atoms with Gasteiger partial charge < -0.3 is 4.90 Å². The van der Waals surface area contributed by atoms with E-state index in [-0.39, 0.29) is 0 Å². The van der Waals surface area contributed by atoms with Crippen LogP contribution in [0, 0.1) is 0 Å². The molecule has 2 aliphatic heterocycles. The number of aliphatic imine (C=N–C) groups is 1. The number of nitrogens with zero attached hydrogens (tertiary/aromatic N) is 2. The van der Waals surface area contributed by atoms with Gasteiger partial charge in [-0.05, 0) is 47.6 Å². The zero-order chi connectivity index (χ0) is 14.7. The molecule has 0 aromatic heterocycles. The largest absolute Gasteiger partial charge is 0.345 e. The van der Waals surface area contributed by atoms with Crippen LogP contribution < -0.4 is 0 Å². The molecule has 2 heterocycles. The van der Waals surface area contributed by atoms with Crippen molar-refractivity contribution in [2.75, 3.05) is 13.1 Å². The summed E-state index contributed by atoms with van der Waals surface area (Å²) in [6, 6.07) is 8.97. The third kappa shape index (κ3) is 3.15. The van der Waals surface area contributed by atoms with Gasteiger partial charge in [0, 0.05) is 19.0 Å². The highest BCUT2D eigenvalue weighted by Gasteiger charge is 2.16. The van der Waals surface area contributed by atoms with Crippen LogP contribution in [0.1, 0.15) is 24.5 Å². The minimum absolute atomic E-state index is 0.881. The number of benzene rings is 1. The van der Waals surface area contributed by atoms with Gasteiger partial charge in [-0.2, -0.15) is 0 Å². The van der Waals surface area contributed by atoms with E-state index in [1.807, 2.05) is 6.21 Å². The molecule has 1 aromatic carbocycles. The second-order valence-electron chi connectivity index (χ2n) is 5.65. The smallest absolute Gasteiger partial charge is 0.0594 e. The maximum atomic E-state index is 4.33. The lowest BCUT2D eigenvalue weighted by atomic mass is 9.96. The van der Waals surface area contributed by atoms with Crippen molar-refractivity contribution in [2.24, 2.45) is 4.99 Å². The Kier molecular flexibility index (Phi) is 4.05. The molecule has 0 fully saturated rings. The van der Waals surface area contributed by atoms with Crippen LogP contribution >= 0.6 is 0 Å². The van der Waals surface area contributed by atoms with Crippen molar-refractivity contribution in [3.05, 3.63) is 71.1 Å². The summed E-state index contributed by atoms with van der Waals surface area (Å²) < 4.78 is 0. The summed E-state index contributed by atoms with van der Waals surface area (Å²) in [4.78, 5) is 6.61. The molecule has 1 aromatic rings. The second-order valence-corrected chi connectivity index (χ2v) is 5.65. The third-order valence-corrected chi connectivity index (χ3v) is 4.19. The Hall–Kier alpha value is -2.09. The van der Waals surface area contributed by atoms with Crippen molar-refractivity contribution in [3.63, 3.8) is 0 Å². The summed E-state index contributed by atoms with van der Waals surface area (Å²) in [5.41, 5.74) is 6.44. The molecule has 0 amide bonds. The van der Waals surface area contributed by atoms with Crippen LogP contribution in [0.15, 0.2) is 65.0 Å². The highest BCUT2D eigenvalue weighted by Crippen LogP contribution is 2.26.